The molecule has 4 rings (SSSR count). The Hall–Kier alpha value is -3.02. The Bertz CT molecular complexity index is 1090. The average Bonchev–Trinajstić information content (AvgIpc) is 3.05. The Labute approximate surface area is 183 Å². The fourth-order valence-corrected chi connectivity index (χ4v) is 5.11. The second-order valence-corrected chi connectivity index (χ2v) is 9.46. The molecule has 0 saturated heterocycles. The van der Waals surface area contributed by atoms with Gasteiger partial charge < -0.3 is 19.7 Å². The van der Waals surface area contributed by atoms with Crippen LogP contribution in [0.2, 0.25) is 0 Å². The van der Waals surface area contributed by atoms with Crippen molar-refractivity contribution < 1.29 is 14.6 Å². The number of ether oxygens (including phenoxy) is 1. The Morgan fingerprint density at radius 3 is 2.61 bits per heavy atom. The maximum Gasteiger partial charge on any atom is 0.335 e. The van der Waals surface area contributed by atoms with Gasteiger partial charge in [-0.05, 0) is 80.0 Å². The number of aromatic nitrogens is 2. The number of hydrogen-bond acceptors (Lipinski definition) is 4. The summed E-state index contributed by atoms with van der Waals surface area (Å²) in [6.45, 7) is 9.57. The van der Waals surface area contributed by atoms with E-state index in [-0.39, 0.29) is 11.0 Å². The molecule has 0 bridgehead atoms. The zero-order valence-electron chi connectivity index (χ0n) is 18.7. The van der Waals surface area contributed by atoms with Crippen molar-refractivity contribution in [1.82, 2.24) is 9.55 Å². The van der Waals surface area contributed by atoms with Crippen LogP contribution >= 0.6 is 0 Å². The SMILES string of the molecule is CCOc1ccc(Nc2nc3cc(C(=O)O)ccc3n2[C@H]2C[C@H](C)CC(C)(C)C2)cc1. The van der Waals surface area contributed by atoms with Gasteiger partial charge in [-0.15, -0.1) is 0 Å². The predicted molar refractivity (Wildman–Crippen MR) is 123 cm³/mol. The molecule has 31 heavy (non-hydrogen) atoms. The predicted octanol–water partition coefficient (Wildman–Crippen LogP) is 6.26. The van der Waals surface area contributed by atoms with Gasteiger partial charge in [-0.25, -0.2) is 9.78 Å². The van der Waals surface area contributed by atoms with Gasteiger partial charge >= 0.3 is 5.97 Å². The number of imidazole rings is 1. The highest BCUT2D eigenvalue weighted by atomic mass is 16.5. The van der Waals surface area contributed by atoms with Crippen molar-refractivity contribution >= 4 is 28.6 Å². The van der Waals surface area contributed by atoms with E-state index in [1.165, 1.54) is 6.42 Å². The molecule has 1 aliphatic carbocycles. The van der Waals surface area contributed by atoms with E-state index in [9.17, 15) is 9.90 Å². The number of hydrogen-bond donors (Lipinski definition) is 2. The van der Waals surface area contributed by atoms with Crippen LogP contribution in [-0.2, 0) is 0 Å². The lowest BCUT2D eigenvalue weighted by atomic mass is 9.70. The van der Waals surface area contributed by atoms with E-state index < -0.39 is 5.97 Å². The lowest BCUT2D eigenvalue weighted by Gasteiger charge is -2.40. The molecule has 0 aliphatic heterocycles. The fraction of sp³-hybridized carbons (Fsp3) is 0.440. The first kappa shape index (κ1) is 21.2. The summed E-state index contributed by atoms with van der Waals surface area (Å²) >= 11 is 0. The number of aromatic carboxylic acids is 1. The van der Waals surface area contributed by atoms with Crippen molar-refractivity contribution in [3.63, 3.8) is 0 Å². The Kier molecular flexibility index (Phi) is 5.65. The number of nitrogens with one attached hydrogen (secondary N) is 1. The molecule has 6 heteroatoms. The lowest BCUT2D eigenvalue weighted by molar-refractivity contribution is 0.0697. The summed E-state index contributed by atoms with van der Waals surface area (Å²) in [5.41, 5.74) is 3.08. The van der Waals surface area contributed by atoms with Gasteiger partial charge in [0, 0.05) is 11.7 Å². The number of rotatable bonds is 6. The summed E-state index contributed by atoms with van der Waals surface area (Å²) < 4.78 is 7.82. The molecular formula is C25H31N3O3. The van der Waals surface area contributed by atoms with E-state index >= 15 is 0 Å². The molecule has 2 atom stereocenters. The zero-order valence-corrected chi connectivity index (χ0v) is 18.7. The van der Waals surface area contributed by atoms with E-state index in [4.69, 9.17) is 9.72 Å². The molecule has 1 heterocycles. The second kappa shape index (κ2) is 8.25. The summed E-state index contributed by atoms with van der Waals surface area (Å²) in [5.74, 6) is 1.25. The third-order valence-corrected chi connectivity index (χ3v) is 6.09. The molecule has 164 valence electrons. The molecule has 6 nitrogen and oxygen atoms in total. The van der Waals surface area contributed by atoms with Gasteiger partial charge in [-0.3, -0.25) is 0 Å². The standard InChI is InChI=1S/C25H31N3O3/c1-5-31-20-9-7-18(8-10-20)26-24-27-21-13-17(23(29)30)6-11-22(21)28(24)19-12-16(2)14-25(3,4)15-19/h6-11,13,16,19H,5,12,14-15H2,1-4H3,(H,26,27)(H,29,30)/t16-,19-/m0/s1. The minimum atomic E-state index is -0.940. The van der Waals surface area contributed by atoms with E-state index in [1.54, 1.807) is 12.1 Å². The van der Waals surface area contributed by atoms with Crippen LogP contribution in [0.1, 0.15) is 63.4 Å². The molecule has 0 spiro atoms. The van der Waals surface area contributed by atoms with Crippen LogP contribution in [0, 0.1) is 11.3 Å². The Balaban J connectivity index is 1.77. The van der Waals surface area contributed by atoms with Gasteiger partial charge in [0.05, 0.1) is 23.2 Å². The van der Waals surface area contributed by atoms with Gasteiger partial charge in [0.25, 0.3) is 0 Å². The summed E-state index contributed by atoms with van der Waals surface area (Å²) in [6, 6.07) is 13.3. The molecule has 0 unspecified atom stereocenters. The molecular weight excluding hydrogens is 390 g/mol. The zero-order chi connectivity index (χ0) is 22.2. The monoisotopic (exact) mass is 421 g/mol. The normalized spacial score (nSPS) is 20.5. The van der Waals surface area contributed by atoms with Crippen LogP contribution in [0.5, 0.6) is 5.75 Å². The summed E-state index contributed by atoms with van der Waals surface area (Å²) in [5, 5.41) is 12.9. The summed E-state index contributed by atoms with van der Waals surface area (Å²) in [6.07, 6.45) is 3.34. The van der Waals surface area contributed by atoms with Gasteiger partial charge in [0.1, 0.15) is 5.75 Å². The number of anilines is 2. The maximum atomic E-state index is 11.5. The van der Waals surface area contributed by atoms with Crippen LogP contribution in [0.25, 0.3) is 11.0 Å². The van der Waals surface area contributed by atoms with Crippen LogP contribution in [0.4, 0.5) is 11.6 Å². The van der Waals surface area contributed by atoms with Gasteiger partial charge in [0.15, 0.2) is 0 Å². The number of benzene rings is 2. The third kappa shape index (κ3) is 4.53. The number of carboxylic acid groups (broad SMARTS) is 1. The topological polar surface area (TPSA) is 76.4 Å². The second-order valence-electron chi connectivity index (χ2n) is 9.46. The molecule has 3 aromatic rings. The minimum absolute atomic E-state index is 0.246. The van der Waals surface area contributed by atoms with Crippen molar-refractivity contribution in [2.24, 2.45) is 11.3 Å². The highest BCUT2D eigenvalue weighted by molar-refractivity contribution is 5.93. The first-order valence-corrected chi connectivity index (χ1v) is 11.0. The Morgan fingerprint density at radius 1 is 1.23 bits per heavy atom. The first-order valence-electron chi connectivity index (χ1n) is 11.0. The molecule has 0 radical (unpaired) electrons. The highest BCUT2D eigenvalue weighted by Gasteiger charge is 2.34. The van der Waals surface area contributed by atoms with Gasteiger partial charge in [0.2, 0.25) is 5.95 Å². The largest absolute Gasteiger partial charge is 0.494 e. The maximum absolute atomic E-state index is 11.5. The lowest BCUT2D eigenvalue weighted by Crippen LogP contribution is -2.29. The summed E-state index contributed by atoms with van der Waals surface area (Å²) in [7, 11) is 0. The van der Waals surface area contributed by atoms with Crippen LogP contribution < -0.4 is 10.1 Å². The average molecular weight is 422 g/mol. The molecule has 2 N–H and O–H groups in total. The number of carboxylic acids is 1. The van der Waals surface area contributed by atoms with Crippen LogP contribution in [0.3, 0.4) is 0 Å². The highest BCUT2D eigenvalue weighted by Crippen LogP contribution is 2.46. The van der Waals surface area contributed by atoms with E-state index in [1.807, 2.05) is 37.3 Å². The van der Waals surface area contributed by atoms with Gasteiger partial charge in [-0.2, -0.15) is 0 Å². The van der Waals surface area contributed by atoms with E-state index in [2.05, 4.69) is 30.7 Å². The van der Waals surface area contributed by atoms with Crippen LogP contribution in [0.15, 0.2) is 42.5 Å². The molecule has 1 fully saturated rings. The van der Waals surface area contributed by atoms with Crippen molar-refractivity contribution in [2.45, 2.75) is 53.0 Å². The minimum Gasteiger partial charge on any atom is -0.494 e. The molecule has 2 aromatic carbocycles. The first-order chi connectivity index (χ1) is 14.8. The van der Waals surface area contributed by atoms with Crippen molar-refractivity contribution in [3.8, 4) is 5.75 Å². The fourth-order valence-electron chi connectivity index (χ4n) is 5.11. The molecule has 0 amide bonds. The molecule has 1 aliphatic rings. The van der Waals surface area contributed by atoms with E-state index in [0.29, 0.717) is 24.1 Å². The number of carbonyl (C=O) groups is 1. The quantitative estimate of drug-likeness (QED) is 0.491. The Morgan fingerprint density at radius 2 is 1.97 bits per heavy atom. The van der Waals surface area contributed by atoms with E-state index in [0.717, 1.165) is 35.7 Å². The van der Waals surface area contributed by atoms with Crippen molar-refractivity contribution in [1.29, 1.82) is 0 Å². The van der Waals surface area contributed by atoms with Crippen LogP contribution in [-0.4, -0.2) is 27.2 Å². The molecule has 1 aromatic heterocycles. The smallest absolute Gasteiger partial charge is 0.335 e. The van der Waals surface area contributed by atoms with Crippen molar-refractivity contribution in [3.05, 3.63) is 48.0 Å². The third-order valence-electron chi connectivity index (χ3n) is 6.09. The molecule has 1 saturated carbocycles. The summed E-state index contributed by atoms with van der Waals surface area (Å²) in [4.78, 5) is 16.3. The van der Waals surface area contributed by atoms with Crippen molar-refractivity contribution in [2.75, 3.05) is 11.9 Å². The number of nitrogens with zero attached hydrogens (tertiary/aromatic N) is 2. The van der Waals surface area contributed by atoms with Gasteiger partial charge in [-0.1, -0.05) is 20.8 Å². The number of fused-ring (bicyclic) bond motifs is 1.